The molecule has 1 heterocycles. The van der Waals surface area contributed by atoms with Crippen molar-refractivity contribution in [1.29, 1.82) is 0 Å². The maximum atomic E-state index is 4.58. The van der Waals surface area contributed by atoms with Crippen LogP contribution in [0.5, 0.6) is 0 Å². The van der Waals surface area contributed by atoms with Gasteiger partial charge in [0, 0.05) is 0 Å². The topological polar surface area (TPSA) is 13.1 Å². The first-order valence-corrected chi connectivity index (χ1v) is 7.13. The van der Waals surface area contributed by atoms with Crippen LogP contribution in [0.3, 0.4) is 0 Å². The molecular weight excluding hydrogens is 256 g/mol. The lowest BCUT2D eigenvalue weighted by atomic mass is 9.87. The average Bonchev–Trinajstić information content (AvgIpc) is 2.85. The highest BCUT2D eigenvalue weighted by Crippen LogP contribution is 2.20. The predicted octanol–water partition coefficient (Wildman–Crippen LogP) is 6.95. The summed E-state index contributed by atoms with van der Waals surface area (Å²) < 4.78 is 4.58. The third-order valence-corrected chi connectivity index (χ3v) is 2.07. The van der Waals surface area contributed by atoms with Crippen LogP contribution in [0.15, 0.2) is 59.4 Å². The first kappa shape index (κ1) is 21.8. The van der Waals surface area contributed by atoms with Gasteiger partial charge in [0.05, 0.1) is 12.5 Å². The van der Waals surface area contributed by atoms with Gasteiger partial charge < -0.3 is 4.42 Å². The molecule has 0 aliphatic heterocycles. The van der Waals surface area contributed by atoms with Crippen molar-refractivity contribution < 1.29 is 4.42 Å². The van der Waals surface area contributed by atoms with Crippen molar-refractivity contribution in [3.63, 3.8) is 0 Å². The summed E-state index contributed by atoms with van der Waals surface area (Å²) in [6, 6.07) is 14.2. The van der Waals surface area contributed by atoms with Crippen molar-refractivity contribution in [1.82, 2.24) is 0 Å². The average molecular weight is 290 g/mol. The van der Waals surface area contributed by atoms with E-state index >= 15 is 0 Å². The number of hydrogen-bond acceptors (Lipinski definition) is 1. The lowest BCUT2D eigenvalue weighted by molar-refractivity contribution is 0.469. The smallest absolute Gasteiger partial charge is 0.0902 e. The van der Waals surface area contributed by atoms with E-state index in [9.17, 15) is 0 Å². The Morgan fingerprint density at radius 3 is 1.24 bits per heavy atom. The number of hydrogen-bond donors (Lipinski definition) is 0. The zero-order valence-electron chi connectivity index (χ0n) is 14.1. The van der Waals surface area contributed by atoms with E-state index in [4.69, 9.17) is 0 Å². The zero-order valence-corrected chi connectivity index (χ0v) is 14.1. The SMILES string of the molecule is C.CC(C)(C)C.CC(C)(C)c1ccccc1.c1ccoc1. The minimum absolute atomic E-state index is 0. The monoisotopic (exact) mass is 290 g/mol. The molecule has 1 heteroatoms. The van der Waals surface area contributed by atoms with Crippen LogP contribution in [0.25, 0.3) is 0 Å². The van der Waals surface area contributed by atoms with E-state index < -0.39 is 0 Å². The Labute approximate surface area is 132 Å². The van der Waals surface area contributed by atoms with Gasteiger partial charge in [0.1, 0.15) is 0 Å². The minimum Gasteiger partial charge on any atom is -0.473 e. The number of furan rings is 1. The Bertz CT molecular complexity index is 390. The molecule has 21 heavy (non-hydrogen) atoms. The Balaban J connectivity index is 0. The molecule has 0 unspecified atom stereocenters. The summed E-state index contributed by atoms with van der Waals surface area (Å²) in [6.07, 6.45) is 3.25. The zero-order chi connectivity index (χ0) is 15.6. The van der Waals surface area contributed by atoms with Crippen LogP contribution in [0.2, 0.25) is 0 Å². The van der Waals surface area contributed by atoms with Crippen LogP contribution in [-0.4, -0.2) is 0 Å². The van der Waals surface area contributed by atoms with Gasteiger partial charge in [-0.15, -0.1) is 0 Å². The first-order valence-electron chi connectivity index (χ1n) is 7.13. The van der Waals surface area contributed by atoms with Gasteiger partial charge in [-0.05, 0) is 28.5 Å². The van der Waals surface area contributed by atoms with Crippen LogP contribution in [0.1, 0.15) is 61.5 Å². The molecular formula is C20H34O. The number of benzene rings is 1. The molecule has 120 valence electrons. The summed E-state index contributed by atoms with van der Waals surface area (Å²) in [4.78, 5) is 0. The molecule has 0 spiro atoms. The van der Waals surface area contributed by atoms with E-state index in [-0.39, 0.29) is 7.43 Å². The third kappa shape index (κ3) is 16.4. The highest BCUT2D eigenvalue weighted by atomic mass is 16.3. The standard InChI is InChI=1S/C10H14.C5H12.C4H4O.CH4/c1-10(2,3)9-7-5-4-6-8-9;1-5(2,3)4;1-2-4-5-3-1;/h4-8H,1-3H3;1-4H3;1-4H;1H4. The van der Waals surface area contributed by atoms with Crippen LogP contribution < -0.4 is 0 Å². The van der Waals surface area contributed by atoms with Gasteiger partial charge in [-0.1, -0.05) is 86.2 Å². The van der Waals surface area contributed by atoms with Gasteiger partial charge in [0.15, 0.2) is 0 Å². The van der Waals surface area contributed by atoms with Crippen LogP contribution in [0.4, 0.5) is 0 Å². The van der Waals surface area contributed by atoms with Crippen molar-refractivity contribution in [2.75, 3.05) is 0 Å². The lowest BCUT2D eigenvalue weighted by Gasteiger charge is -2.18. The van der Waals surface area contributed by atoms with Gasteiger partial charge in [0.2, 0.25) is 0 Å². The maximum absolute atomic E-state index is 4.58. The van der Waals surface area contributed by atoms with E-state index in [1.165, 1.54) is 5.56 Å². The van der Waals surface area contributed by atoms with Gasteiger partial charge in [-0.3, -0.25) is 0 Å². The fourth-order valence-corrected chi connectivity index (χ4v) is 1.16. The molecule has 0 aliphatic rings. The first-order chi connectivity index (χ1) is 9.11. The summed E-state index contributed by atoms with van der Waals surface area (Å²) in [5.41, 5.74) is 2.19. The Hall–Kier alpha value is -1.50. The molecule has 1 nitrogen and oxygen atoms in total. The van der Waals surface area contributed by atoms with E-state index in [1.54, 1.807) is 12.5 Å². The van der Waals surface area contributed by atoms with Crippen molar-refractivity contribution in [3.05, 3.63) is 60.6 Å². The number of rotatable bonds is 0. The maximum Gasteiger partial charge on any atom is 0.0902 e. The molecule has 0 amide bonds. The third-order valence-electron chi connectivity index (χ3n) is 2.07. The van der Waals surface area contributed by atoms with Crippen LogP contribution in [-0.2, 0) is 5.41 Å². The van der Waals surface area contributed by atoms with Crippen LogP contribution in [0, 0.1) is 5.41 Å². The minimum atomic E-state index is 0. The molecule has 0 aliphatic carbocycles. The largest absolute Gasteiger partial charge is 0.473 e. The van der Waals surface area contributed by atoms with Gasteiger partial charge in [-0.2, -0.15) is 0 Å². The van der Waals surface area contributed by atoms with Crippen molar-refractivity contribution >= 4 is 0 Å². The van der Waals surface area contributed by atoms with E-state index in [0.29, 0.717) is 10.8 Å². The van der Waals surface area contributed by atoms with Crippen LogP contribution >= 0.6 is 0 Å². The highest BCUT2D eigenvalue weighted by Gasteiger charge is 2.11. The quantitative estimate of drug-likeness (QED) is 0.511. The molecule has 0 N–H and O–H groups in total. The fourth-order valence-electron chi connectivity index (χ4n) is 1.16. The summed E-state index contributed by atoms with van der Waals surface area (Å²) >= 11 is 0. The molecule has 0 atom stereocenters. The summed E-state index contributed by atoms with van der Waals surface area (Å²) in [5, 5.41) is 0. The molecule has 2 rings (SSSR count). The second-order valence-corrected chi connectivity index (χ2v) is 7.41. The molecule has 0 saturated heterocycles. The van der Waals surface area contributed by atoms with Crippen molar-refractivity contribution in [2.24, 2.45) is 5.41 Å². The molecule has 0 fully saturated rings. The van der Waals surface area contributed by atoms with E-state index in [2.05, 4.69) is 83.2 Å². The lowest BCUT2D eigenvalue weighted by Crippen LogP contribution is -2.10. The van der Waals surface area contributed by atoms with Gasteiger partial charge in [-0.25, -0.2) is 0 Å². The fraction of sp³-hybridized carbons (Fsp3) is 0.500. The summed E-state index contributed by atoms with van der Waals surface area (Å²) in [5.74, 6) is 0. The Morgan fingerprint density at radius 2 is 1.05 bits per heavy atom. The van der Waals surface area contributed by atoms with Gasteiger partial charge in [0.25, 0.3) is 0 Å². The normalized spacial score (nSPS) is 10.2. The second-order valence-electron chi connectivity index (χ2n) is 7.41. The predicted molar refractivity (Wildman–Crippen MR) is 95.7 cm³/mol. The molecule has 2 aromatic rings. The summed E-state index contributed by atoms with van der Waals surface area (Å²) in [6.45, 7) is 15.4. The molecule has 0 bridgehead atoms. The molecule has 0 radical (unpaired) electrons. The Morgan fingerprint density at radius 1 is 0.667 bits per heavy atom. The highest BCUT2D eigenvalue weighted by molar-refractivity contribution is 5.21. The Kier molecular flexibility index (Phi) is 10.6. The molecule has 0 saturated carbocycles. The van der Waals surface area contributed by atoms with Crippen molar-refractivity contribution in [2.45, 2.75) is 61.3 Å². The van der Waals surface area contributed by atoms with E-state index in [1.807, 2.05) is 12.1 Å². The molecule has 1 aromatic heterocycles. The molecule has 1 aromatic carbocycles. The van der Waals surface area contributed by atoms with Crippen molar-refractivity contribution in [3.8, 4) is 0 Å². The summed E-state index contributed by atoms with van der Waals surface area (Å²) in [7, 11) is 0. The second kappa shape index (κ2) is 10.3. The van der Waals surface area contributed by atoms with E-state index in [0.717, 1.165) is 0 Å². The van der Waals surface area contributed by atoms with Gasteiger partial charge >= 0.3 is 0 Å².